The number of carbonyl (C=O) groups excluding carboxylic acids is 1. The molecule has 0 fully saturated rings. The molecule has 0 bridgehead atoms. The predicted molar refractivity (Wildman–Crippen MR) is 88.4 cm³/mol. The number of amides is 1. The van der Waals surface area contributed by atoms with Crippen LogP contribution >= 0.6 is 0 Å². The van der Waals surface area contributed by atoms with E-state index in [0.29, 0.717) is 0 Å². The highest BCUT2D eigenvalue weighted by Crippen LogP contribution is 2.27. The fourth-order valence-electron chi connectivity index (χ4n) is 2.93. The molecule has 3 rings (SSSR count). The van der Waals surface area contributed by atoms with Crippen LogP contribution in [0.3, 0.4) is 0 Å². The maximum absolute atomic E-state index is 12.8. The van der Waals surface area contributed by atoms with Gasteiger partial charge in [-0.15, -0.1) is 0 Å². The summed E-state index contributed by atoms with van der Waals surface area (Å²) in [5.41, 5.74) is 3.39. The molecule has 3 nitrogen and oxygen atoms in total. The summed E-state index contributed by atoms with van der Waals surface area (Å²) in [6, 6.07) is 15.9. The molecule has 0 spiro atoms. The molecule has 1 heterocycles. The summed E-state index contributed by atoms with van der Waals surface area (Å²) in [6.07, 6.45) is 1.54. The van der Waals surface area contributed by atoms with Crippen LogP contribution in [0.25, 0.3) is 0 Å². The van der Waals surface area contributed by atoms with Gasteiger partial charge in [-0.1, -0.05) is 30.3 Å². The van der Waals surface area contributed by atoms with Gasteiger partial charge in [-0.05, 0) is 56.0 Å². The van der Waals surface area contributed by atoms with E-state index in [2.05, 4.69) is 6.07 Å². The second-order valence-electron chi connectivity index (χ2n) is 5.80. The van der Waals surface area contributed by atoms with E-state index in [4.69, 9.17) is 4.74 Å². The first kappa shape index (κ1) is 14.6. The molecule has 1 atom stereocenters. The number of anilines is 1. The maximum Gasteiger partial charge on any atom is 0.267 e. The zero-order chi connectivity index (χ0) is 15.5. The van der Waals surface area contributed by atoms with Crippen LogP contribution in [-0.4, -0.2) is 18.6 Å². The lowest BCUT2D eigenvalue weighted by molar-refractivity contribution is -0.124. The molecule has 3 heteroatoms. The van der Waals surface area contributed by atoms with E-state index in [0.717, 1.165) is 36.4 Å². The molecule has 2 aromatic rings. The van der Waals surface area contributed by atoms with Crippen molar-refractivity contribution in [1.82, 2.24) is 0 Å². The van der Waals surface area contributed by atoms with Crippen molar-refractivity contribution in [2.24, 2.45) is 0 Å². The zero-order valence-corrected chi connectivity index (χ0v) is 13.1. The van der Waals surface area contributed by atoms with Gasteiger partial charge in [0.2, 0.25) is 0 Å². The Morgan fingerprint density at radius 1 is 1.18 bits per heavy atom. The molecule has 1 amide bonds. The minimum Gasteiger partial charge on any atom is -0.481 e. The number of rotatable bonds is 3. The highest BCUT2D eigenvalue weighted by atomic mass is 16.5. The molecule has 0 saturated carbocycles. The monoisotopic (exact) mass is 295 g/mol. The third kappa shape index (κ3) is 2.98. The van der Waals surface area contributed by atoms with Crippen molar-refractivity contribution in [2.45, 2.75) is 32.8 Å². The first-order valence-electron chi connectivity index (χ1n) is 7.78. The summed E-state index contributed by atoms with van der Waals surface area (Å²) in [6.45, 7) is 4.60. The second-order valence-corrected chi connectivity index (χ2v) is 5.80. The number of nitrogens with zero attached hydrogens (tertiary/aromatic N) is 1. The van der Waals surface area contributed by atoms with Crippen LogP contribution in [0.2, 0.25) is 0 Å². The van der Waals surface area contributed by atoms with Gasteiger partial charge in [0.1, 0.15) is 5.75 Å². The number of para-hydroxylation sites is 1. The van der Waals surface area contributed by atoms with Crippen molar-refractivity contribution in [3.63, 3.8) is 0 Å². The van der Waals surface area contributed by atoms with E-state index in [1.165, 1.54) is 5.56 Å². The van der Waals surface area contributed by atoms with Gasteiger partial charge in [0.05, 0.1) is 0 Å². The molecule has 2 aromatic carbocycles. The highest BCUT2D eigenvalue weighted by Gasteiger charge is 2.27. The molecule has 0 saturated heterocycles. The number of ether oxygens (including phenoxy) is 1. The van der Waals surface area contributed by atoms with Crippen LogP contribution in [0.15, 0.2) is 48.5 Å². The SMILES string of the molecule is Cc1cccc(O[C@@H](C)C(=O)N2CCCc3ccccc32)c1. The van der Waals surface area contributed by atoms with Crippen molar-refractivity contribution >= 4 is 11.6 Å². The minimum absolute atomic E-state index is 0.0219. The van der Waals surface area contributed by atoms with Crippen LogP contribution < -0.4 is 9.64 Å². The van der Waals surface area contributed by atoms with Crippen molar-refractivity contribution in [3.05, 3.63) is 59.7 Å². The van der Waals surface area contributed by atoms with Crippen LogP contribution in [0, 0.1) is 6.92 Å². The van der Waals surface area contributed by atoms with E-state index >= 15 is 0 Å². The average molecular weight is 295 g/mol. The number of fused-ring (bicyclic) bond motifs is 1. The normalized spacial score (nSPS) is 15.1. The highest BCUT2D eigenvalue weighted by molar-refractivity contribution is 5.97. The average Bonchev–Trinajstić information content (AvgIpc) is 2.53. The predicted octanol–water partition coefficient (Wildman–Crippen LogP) is 3.74. The Balaban J connectivity index is 1.77. The molecular weight excluding hydrogens is 274 g/mol. The van der Waals surface area contributed by atoms with Gasteiger partial charge >= 0.3 is 0 Å². The maximum atomic E-state index is 12.8. The summed E-state index contributed by atoms with van der Waals surface area (Å²) in [5, 5.41) is 0. The molecule has 1 aliphatic heterocycles. The molecular formula is C19H21NO2. The van der Waals surface area contributed by atoms with Gasteiger partial charge in [-0.25, -0.2) is 0 Å². The summed E-state index contributed by atoms with van der Waals surface area (Å²) in [5.74, 6) is 0.764. The van der Waals surface area contributed by atoms with Crippen LogP contribution in [0.1, 0.15) is 24.5 Å². The molecule has 1 aliphatic rings. The standard InChI is InChI=1S/C19H21NO2/c1-14-7-5-10-17(13-14)22-15(2)19(21)20-12-6-9-16-8-3-4-11-18(16)20/h3-5,7-8,10-11,13,15H,6,9,12H2,1-2H3/t15-/m0/s1. The van der Waals surface area contributed by atoms with E-state index in [1.807, 2.05) is 61.2 Å². The van der Waals surface area contributed by atoms with Crippen LogP contribution in [0.4, 0.5) is 5.69 Å². The molecule has 0 aliphatic carbocycles. The summed E-state index contributed by atoms with van der Waals surface area (Å²) >= 11 is 0. The lowest BCUT2D eigenvalue weighted by Crippen LogP contribution is -2.43. The summed E-state index contributed by atoms with van der Waals surface area (Å²) < 4.78 is 5.83. The van der Waals surface area contributed by atoms with Crippen molar-refractivity contribution in [3.8, 4) is 5.75 Å². The van der Waals surface area contributed by atoms with E-state index in [1.54, 1.807) is 0 Å². The van der Waals surface area contributed by atoms with E-state index < -0.39 is 6.10 Å². The number of benzene rings is 2. The van der Waals surface area contributed by atoms with E-state index in [-0.39, 0.29) is 5.91 Å². The zero-order valence-electron chi connectivity index (χ0n) is 13.1. The Morgan fingerprint density at radius 3 is 2.82 bits per heavy atom. The smallest absolute Gasteiger partial charge is 0.267 e. The van der Waals surface area contributed by atoms with E-state index in [9.17, 15) is 4.79 Å². The Hall–Kier alpha value is -2.29. The molecule has 114 valence electrons. The lowest BCUT2D eigenvalue weighted by atomic mass is 10.0. The van der Waals surface area contributed by atoms with Crippen molar-refractivity contribution < 1.29 is 9.53 Å². The topological polar surface area (TPSA) is 29.5 Å². The number of hydrogen-bond acceptors (Lipinski definition) is 2. The molecule has 0 aromatic heterocycles. The van der Waals surface area contributed by atoms with Crippen LogP contribution in [-0.2, 0) is 11.2 Å². The first-order chi connectivity index (χ1) is 10.6. The number of aryl methyl sites for hydroxylation is 2. The fourth-order valence-corrected chi connectivity index (χ4v) is 2.93. The quantitative estimate of drug-likeness (QED) is 0.863. The lowest BCUT2D eigenvalue weighted by Gasteiger charge is -2.31. The summed E-state index contributed by atoms with van der Waals surface area (Å²) in [7, 11) is 0. The van der Waals surface area contributed by atoms with Gasteiger partial charge in [0, 0.05) is 12.2 Å². The summed E-state index contributed by atoms with van der Waals surface area (Å²) in [4.78, 5) is 14.6. The Bertz CT molecular complexity index is 681. The van der Waals surface area contributed by atoms with Gasteiger partial charge in [-0.3, -0.25) is 4.79 Å². The molecule has 0 radical (unpaired) electrons. The second kappa shape index (κ2) is 6.22. The van der Waals surface area contributed by atoms with Crippen molar-refractivity contribution in [1.29, 1.82) is 0 Å². The van der Waals surface area contributed by atoms with Gasteiger partial charge in [0.25, 0.3) is 5.91 Å². The fraction of sp³-hybridized carbons (Fsp3) is 0.316. The molecule has 0 unspecified atom stereocenters. The minimum atomic E-state index is -0.493. The molecule has 0 N–H and O–H groups in total. The van der Waals surface area contributed by atoms with Gasteiger partial charge in [0.15, 0.2) is 6.10 Å². The largest absolute Gasteiger partial charge is 0.481 e. The third-order valence-corrected chi connectivity index (χ3v) is 4.03. The molecule has 22 heavy (non-hydrogen) atoms. The Kier molecular flexibility index (Phi) is 4.14. The Morgan fingerprint density at radius 2 is 2.00 bits per heavy atom. The third-order valence-electron chi connectivity index (χ3n) is 4.03. The Labute approximate surface area is 131 Å². The first-order valence-corrected chi connectivity index (χ1v) is 7.78. The number of carbonyl (C=O) groups is 1. The van der Waals surface area contributed by atoms with Crippen molar-refractivity contribution in [2.75, 3.05) is 11.4 Å². The van der Waals surface area contributed by atoms with Gasteiger partial charge < -0.3 is 9.64 Å². The van der Waals surface area contributed by atoms with Gasteiger partial charge in [-0.2, -0.15) is 0 Å². The number of hydrogen-bond donors (Lipinski definition) is 0. The van der Waals surface area contributed by atoms with Crippen LogP contribution in [0.5, 0.6) is 5.75 Å².